The van der Waals surface area contributed by atoms with Crippen molar-refractivity contribution in [3.05, 3.63) is 47.9 Å². The summed E-state index contributed by atoms with van der Waals surface area (Å²) < 4.78 is 13.3. The molecule has 9 heteroatoms. The summed E-state index contributed by atoms with van der Waals surface area (Å²) in [6.07, 6.45) is 6.31. The molecular formula is C19H19FN6O2. The Morgan fingerprint density at radius 3 is 2.79 bits per heavy atom. The number of carbonyl (C=O) groups is 1. The van der Waals surface area contributed by atoms with E-state index >= 15 is 0 Å². The van der Waals surface area contributed by atoms with Gasteiger partial charge in [0, 0.05) is 43.9 Å². The summed E-state index contributed by atoms with van der Waals surface area (Å²) >= 11 is 0. The summed E-state index contributed by atoms with van der Waals surface area (Å²) in [5, 5.41) is 10.5. The molecule has 4 heterocycles. The van der Waals surface area contributed by atoms with Crippen molar-refractivity contribution in [3.8, 4) is 6.07 Å². The molecule has 4 rings (SSSR count). The Morgan fingerprint density at radius 2 is 2.04 bits per heavy atom. The molecule has 0 unspecified atom stereocenters. The lowest BCUT2D eigenvalue weighted by Crippen LogP contribution is -2.42. The van der Waals surface area contributed by atoms with Crippen molar-refractivity contribution in [3.63, 3.8) is 0 Å². The first-order valence-electron chi connectivity index (χ1n) is 9.19. The zero-order valence-corrected chi connectivity index (χ0v) is 15.2. The number of anilines is 1. The Balaban J connectivity index is 1.42. The third-order valence-corrected chi connectivity index (χ3v) is 5.18. The van der Waals surface area contributed by atoms with E-state index in [2.05, 4.69) is 21.0 Å². The molecule has 0 N–H and O–H groups in total. The Labute approximate surface area is 161 Å². The second kappa shape index (κ2) is 7.86. The molecule has 8 nitrogen and oxygen atoms in total. The number of nitrogens with zero attached hydrogens (tertiary/aromatic N) is 6. The molecule has 0 radical (unpaired) electrons. The van der Waals surface area contributed by atoms with Crippen LogP contribution in [0.3, 0.4) is 0 Å². The lowest BCUT2D eigenvalue weighted by atomic mass is 9.94. The molecule has 2 aromatic rings. The van der Waals surface area contributed by atoms with Crippen LogP contribution in [0.25, 0.3) is 0 Å². The average Bonchev–Trinajstić information content (AvgIpc) is 3.23. The zero-order chi connectivity index (χ0) is 19.5. The van der Waals surface area contributed by atoms with Crippen LogP contribution >= 0.6 is 0 Å². The number of hydrogen-bond acceptors (Lipinski definition) is 7. The van der Waals surface area contributed by atoms with E-state index in [0.717, 1.165) is 5.56 Å². The third-order valence-electron chi connectivity index (χ3n) is 5.18. The molecule has 0 bridgehead atoms. The molecule has 1 atom stereocenters. The SMILES string of the molecule is N#Cc1cncc([C@@H]2CCON2C(=O)C2CCN(c3cc(F)ncn3)CC2)c1. The first-order chi connectivity index (χ1) is 13.7. The van der Waals surface area contributed by atoms with Gasteiger partial charge in [-0.1, -0.05) is 0 Å². The lowest BCUT2D eigenvalue weighted by molar-refractivity contribution is -0.182. The van der Waals surface area contributed by atoms with Crippen LogP contribution in [0.4, 0.5) is 10.2 Å². The lowest BCUT2D eigenvalue weighted by Gasteiger charge is -2.34. The highest BCUT2D eigenvalue weighted by Gasteiger charge is 2.37. The fourth-order valence-electron chi connectivity index (χ4n) is 3.72. The maximum atomic E-state index is 13.3. The predicted octanol–water partition coefficient (Wildman–Crippen LogP) is 2.00. The normalized spacial score (nSPS) is 20.2. The molecule has 144 valence electrons. The van der Waals surface area contributed by atoms with E-state index in [-0.39, 0.29) is 17.9 Å². The summed E-state index contributed by atoms with van der Waals surface area (Å²) in [6, 6.07) is 4.89. The monoisotopic (exact) mass is 382 g/mol. The fraction of sp³-hybridized carbons (Fsp3) is 0.421. The molecule has 0 saturated carbocycles. The van der Waals surface area contributed by atoms with Gasteiger partial charge in [0.05, 0.1) is 18.2 Å². The summed E-state index contributed by atoms with van der Waals surface area (Å²) in [6.45, 7) is 1.67. The average molecular weight is 382 g/mol. The molecule has 2 fully saturated rings. The Hall–Kier alpha value is -3.12. The van der Waals surface area contributed by atoms with Crippen molar-refractivity contribution in [1.29, 1.82) is 5.26 Å². The number of aromatic nitrogens is 3. The molecule has 2 aromatic heterocycles. The van der Waals surface area contributed by atoms with Gasteiger partial charge in [0.1, 0.15) is 18.2 Å². The van der Waals surface area contributed by atoms with Gasteiger partial charge in [0.15, 0.2) is 0 Å². The number of nitriles is 1. The molecule has 0 spiro atoms. The Kier molecular flexibility index (Phi) is 5.12. The molecule has 2 aliphatic heterocycles. The first kappa shape index (κ1) is 18.3. The van der Waals surface area contributed by atoms with Crippen LogP contribution in [-0.2, 0) is 9.63 Å². The highest BCUT2D eigenvalue weighted by molar-refractivity contribution is 5.79. The van der Waals surface area contributed by atoms with E-state index in [1.165, 1.54) is 23.7 Å². The van der Waals surface area contributed by atoms with Gasteiger partial charge in [-0.3, -0.25) is 14.6 Å². The van der Waals surface area contributed by atoms with Crippen molar-refractivity contribution in [2.24, 2.45) is 5.92 Å². The van der Waals surface area contributed by atoms with Gasteiger partial charge in [-0.15, -0.1) is 0 Å². The van der Waals surface area contributed by atoms with E-state index in [0.29, 0.717) is 50.3 Å². The Morgan fingerprint density at radius 1 is 1.21 bits per heavy atom. The molecule has 0 aliphatic carbocycles. The van der Waals surface area contributed by atoms with Crippen LogP contribution in [0, 0.1) is 23.2 Å². The van der Waals surface area contributed by atoms with Crippen LogP contribution in [0.15, 0.2) is 30.9 Å². The molecule has 28 heavy (non-hydrogen) atoms. The third kappa shape index (κ3) is 3.64. The van der Waals surface area contributed by atoms with Gasteiger partial charge in [0.2, 0.25) is 11.9 Å². The van der Waals surface area contributed by atoms with Gasteiger partial charge in [0.25, 0.3) is 0 Å². The second-order valence-corrected chi connectivity index (χ2v) is 6.88. The molecule has 0 aromatic carbocycles. The van der Waals surface area contributed by atoms with E-state index in [1.54, 1.807) is 12.3 Å². The van der Waals surface area contributed by atoms with Crippen LogP contribution < -0.4 is 4.90 Å². The molecule has 1 amide bonds. The van der Waals surface area contributed by atoms with Gasteiger partial charge < -0.3 is 4.90 Å². The number of amides is 1. The minimum absolute atomic E-state index is 0.0571. The van der Waals surface area contributed by atoms with Crippen LogP contribution in [0.5, 0.6) is 0 Å². The summed E-state index contributed by atoms with van der Waals surface area (Å²) in [5.74, 6) is -0.258. The summed E-state index contributed by atoms with van der Waals surface area (Å²) in [5.41, 5.74) is 1.26. The standard InChI is InChI=1S/C19H19FN6O2/c20-17-8-18(24-12-23-17)25-4-1-14(2-5-25)19(27)26-16(3-6-28-26)15-7-13(9-21)10-22-11-15/h7-8,10-12,14,16H,1-6H2/t16-/m0/s1. The molecule has 2 aliphatic rings. The Bertz CT molecular complexity index is 909. The van der Waals surface area contributed by atoms with Crippen molar-refractivity contribution in [2.75, 3.05) is 24.6 Å². The minimum Gasteiger partial charge on any atom is -0.356 e. The van der Waals surface area contributed by atoms with Crippen molar-refractivity contribution in [1.82, 2.24) is 20.0 Å². The van der Waals surface area contributed by atoms with Gasteiger partial charge in [-0.05, 0) is 24.5 Å². The second-order valence-electron chi connectivity index (χ2n) is 6.88. The highest BCUT2D eigenvalue weighted by Crippen LogP contribution is 2.33. The van der Waals surface area contributed by atoms with Crippen LogP contribution in [0.2, 0.25) is 0 Å². The van der Waals surface area contributed by atoms with Crippen LogP contribution in [-0.4, -0.2) is 45.6 Å². The van der Waals surface area contributed by atoms with Crippen molar-refractivity contribution >= 4 is 11.7 Å². The largest absolute Gasteiger partial charge is 0.356 e. The van der Waals surface area contributed by atoms with E-state index in [4.69, 9.17) is 10.1 Å². The van der Waals surface area contributed by atoms with E-state index in [9.17, 15) is 9.18 Å². The smallest absolute Gasteiger partial charge is 0.249 e. The van der Waals surface area contributed by atoms with Gasteiger partial charge in [-0.2, -0.15) is 9.65 Å². The number of hydrogen-bond donors (Lipinski definition) is 0. The number of hydroxylamine groups is 2. The number of halogens is 1. The maximum Gasteiger partial charge on any atom is 0.249 e. The summed E-state index contributed by atoms with van der Waals surface area (Å²) in [4.78, 5) is 32.3. The predicted molar refractivity (Wildman–Crippen MR) is 96.0 cm³/mol. The number of piperidine rings is 1. The number of carbonyl (C=O) groups excluding carboxylic acids is 1. The molecular weight excluding hydrogens is 363 g/mol. The van der Waals surface area contributed by atoms with E-state index in [1.807, 2.05) is 4.90 Å². The van der Waals surface area contributed by atoms with Crippen molar-refractivity contribution < 1.29 is 14.0 Å². The topological polar surface area (TPSA) is 95.2 Å². The maximum absolute atomic E-state index is 13.3. The number of pyridine rings is 1. The van der Waals surface area contributed by atoms with E-state index < -0.39 is 5.95 Å². The zero-order valence-electron chi connectivity index (χ0n) is 15.2. The highest BCUT2D eigenvalue weighted by atomic mass is 19.1. The fourth-order valence-corrected chi connectivity index (χ4v) is 3.72. The first-order valence-corrected chi connectivity index (χ1v) is 9.19. The summed E-state index contributed by atoms with van der Waals surface area (Å²) in [7, 11) is 0. The van der Waals surface area contributed by atoms with Crippen LogP contribution in [0.1, 0.15) is 36.4 Å². The van der Waals surface area contributed by atoms with Gasteiger partial charge >= 0.3 is 0 Å². The molecule has 2 saturated heterocycles. The quantitative estimate of drug-likeness (QED) is 0.749. The van der Waals surface area contributed by atoms with Crippen molar-refractivity contribution in [2.45, 2.75) is 25.3 Å². The van der Waals surface area contributed by atoms with Gasteiger partial charge in [-0.25, -0.2) is 15.0 Å². The number of rotatable bonds is 3. The minimum atomic E-state index is -0.565.